The van der Waals surface area contributed by atoms with E-state index in [4.69, 9.17) is 15.5 Å². The quantitative estimate of drug-likeness (QED) is 0.215. The second-order valence-corrected chi connectivity index (χ2v) is 14.9. The summed E-state index contributed by atoms with van der Waals surface area (Å²) in [5.41, 5.74) is 9.27. The Bertz CT molecular complexity index is 1740. The van der Waals surface area contributed by atoms with Gasteiger partial charge in [-0.1, -0.05) is 30.0 Å². The lowest BCUT2D eigenvalue weighted by Gasteiger charge is -2.39. The molecule has 4 heterocycles. The minimum atomic E-state index is -0.482. The number of piperidine rings is 1. The summed E-state index contributed by atoms with van der Waals surface area (Å²) >= 11 is 1.36. The zero-order valence-corrected chi connectivity index (χ0v) is 30.7. The Morgan fingerprint density at radius 3 is 2.29 bits per heavy atom. The van der Waals surface area contributed by atoms with Crippen molar-refractivity contribution in [2.75, 3.05) is 56.9 Å². The van der Waals surface area contributed by atoms with Gasteiger partial charge in [0.1, 0.15) is 23.1 Å². The minimum Gasteiger partial charge on any atom is -0.444 e. The number of benzene rings is 1. The van der Waals surface area contributed by atoms with Crippen LogP contribution in [-0.4, -0.2) is 99.0 Å². The van der Waals surface area contributed by atoms with Gasteiger partial charge >= 0.3 is 6.09 Å². The molecule has 0 atom stereocenters. The number of nitrogens with zero attached hydrogens (tertiary/aromatic N) is 7. The van der Waals surface area contributed by atoms with Crippen molar-refractivity contribution in [1.29, 1.82) is 5.26 Å². The number of carbonyl (C=O) groups excluding carboxylic acids is 3. The fourth-order valence-electron chi connectivity index (χ4n) is 6.21. The molecule has 2 aliphatic heterocycles. The standard InChI is InChI=1S/C37H47N9O4S/c1-25(47)40-29-10-8-27(9-11-29)33-31(22-38)34(39)43-35(42-33)51-24-30-7-5-6-28(41-30)12-13-32(48)45-20-18-44(19-21-45)23-26-14-16-46(17-15-26)36(49)50-37(2,3)4/h5-11,26H,12-21,23-24H2,1-4H3,(H,40,47)(H2,39,42,43). The highest BCUT2D eigenvalue weighted by atomic mass is 32.2. The third-order valence-corrected chi connectivity index (χ3v) is 9.70. The third kappa shape index (κ3) is 10.9. The van der Waals surface area contributed by atoms with Crippen molar-refractivity contribution < 1.29 is 19.1 Å². The molecule has 0 bridgehead atoms. The third-order valence-electron chi connectivity index (χ3n) is 8.82. The van der Waals surface area contributed by atoms with E-state index in [-0.39, 0.29) is 29.3 Å². The maximum Gasteiger partial charge on any atom is 0.410 e. The number of hydrogen-bond acceptors (Lipinski definition) is 11. The monoisotopic (exact) mass is 713 g/mol. The van der Waals surface area contributed by atoms with E-state index in [9.17, 15) is 19.6 Å². The summed E-state index contributed by atoms with van der Waals surface area (Å²) < 4.78 is 5.52. The first-order valence-corrected chi connectivity index (χ1v) is 18.4. The van der Waals surface area contributed by atoms with Crippen LogP contribution in [0.3, 0.4) is 0 Å². The van der Waals surface area contributed by atoms with E-state index in [0.717, 1.165) is 70.0 Å². The molecule has 51 heavy (non-hydrogen) atoms. The average Bonchev–Trinajstić information content (AvgIpc) is 3.09. The number of aryl methyl sites for hydroxylation is 1. The normalized spacial score (nSPS) is 15.7. The first-order chi connectivity index (χ1) is 24.4. The van der Waals surface area contributed by atoms with Crippen LogP contribution in [-0.2, 0) is 26.5 Å². The largest absolute Gasteiger partial charge is 0.444 e. The van der Waals surface area contributed by atoms with E-state index < -0.39 is 5.60 Å². The lowest BCUT2D eigenvalue weighted by molar-refractivity contribution is -0.133. The van der Waals surface area contributed by atoms with Gasteiger partial charge in [0.25, 0.3) is 0 Å². The fraction of sp³-hybridized carbons (Fsp3) is 0.486. The first-order valence-electron chi connectivity index (χ1n) is 17.4. The van der Waals surface area contributed by atoms with Crippen molar-refractivity contribution in [1.82, 2.24) is 29.7 Å². The number of anilines is 2. The number of carbonyl (C=O) groups is 3. The minimum absolute atomic E-state index is 0.0950. The summed E-state index contributed by atoms with van der Waals surface area (Å²) in [6.45, 7) is 12.7. The molecule has 2 aromatic heterocycles. The van der Waals surface area contributed by atoms with Crippen molar-refractivity contribution in [3.63, 3.8) is 0 Å². The lowest BCUT2D eigenvalue weighted by Crippen LogP contribution is -2.51. The molecule has 13 nitrogen and oxygen atoms in total. The number of aromatic nitrogens is 3. The number of ether oxygens (including phenoxy) is 1. The molecule has 0 saturated carbocycles. The molecule has 3 N–H and O–H groups in total. The summed E-state index contributed by atoms with van der Waals surface area (Å²) in [5.74, 6) is 1.08. The van der Waals surface area contributed by atoms with Crippen LogP contribution in [0, 0.1) is 17.2 Å². The summed E-state index contributed by atoms with van der Waals surface area (Å²) in [5, 5.41) is 12.9. The summed E-state index contributed by atoms with van der Waals surface area (Å²) in [6.07, 6.45) is 2.65. The summed E-state index contributed by atoms with van der Waals surface area (Å²) in [7, 11) is 0. The van der Waals surface area contributed by atoms with Crippen molar-refractivity contribution >= 4 is 41.2 Å². The number of hydrogen-bond donors (Lipinski definition) is 2. The molecule has 5 rings (SSSR count). The molecule has 3 amide bonds. The molecule has 270 valence electrons. The topological polar surface area (TPSA) is 171 Å². The zero-order valence-electron chi connectivity index (χ0n) is 29.9. The number of nitrogen functional groups attached to an aromatic ring is 1. The van der Waals surface area contributed by atoms with E-state index in [0.29, 0.717) is 46.6 Å². The van der Waals surface area contributed by atoms with Crippen LogP contribution in [0.2, 0.25) is 0 Å². The molecule has 2 aliphatic rings. The van der Waals surface area contributed by atoms with E-state index in [1.165, 1.54) is 18.7 Å². The Morgan fingerprint density at radius 1 is 0.961 bits per heavy atom. The summed E-state index contributed by atoms with van der Waals surface area (Å²) in [6, 6.07) is 14.9. The number of amides is 3. The van der Waals surface area contributed by atoms with Gasteiger partial charge in [0.2, 0.25) is 11.8 Å². The molecule has 0 aliphatic carbocycles. The fourth-order valence-corrected chi connectivity index (χ4v) is 6.96. The predicted molar refractivity (Wildman–Crippen MR) is 197 cm³/mol. The van der Waals surface area contributed by atoms with Gasteiger partial charge in [-0.2, -0.15) is 5.26 Å². The molecule has 14 heteroatoms. The second-order valence-electron chi connectivity index (χ2n) is 14.0. The van der Waals surface area contributed by atoms with Gasteiger partial charge < -0.3 is 25.6 Å². The first kappa shape index (κ1) is 37.5. The van der Waals surface area contributed by atoms with Crippen LogP contribution in [0.15, 0.2) is 47.6 Å². The van der Waals surface area contributed by atoms with E-state index in [1.54, 1.807) is 24.3 Å². The van der Waals surface area contributed by atoms with Crippen molar-refractivity contribution in [2.45, 2.75) is 69.9 Å². The molecule has 1 aromatic carbocycles. The van der Waals surface area contributed by atoms with Crippen LogP contribution < -0.4 is 11.1 Å². The highest BCUT2D eigenvalue weighted by molar-refractivity contribution is 7.98. The highest BCUT2D eigenvalue weighted by Crippen LogP contribution is 2.30. The molecule has 0 spiro atoms. The molecular formula is C37H47N9O4S. The van der Waals surface area contributed by atoms with Gasteiger partial charge in [-0.25, -0.2) is 14.8 Å². The lowest BCUT2D eigenvalue weighted by atomic mass is 9.96. The van der Waals surface area contributed by atoms with Gasteiger partial charge in [-0.3, -0.25) is 19.5 Å². The number of nitrogens with one attached hydrogen (secondary N) is 1. The van der Waals surface area contributed by atoms with Crippen LogP contribution in [0.5, 0.6) is 0 Å². The van der Waals surface area contributed by atoms with Crippen molar-refractivity contribution in [2.24, 2.45) is 5.92 Å². The number of nitrogens with two attached hydrogens (primary N) is 1. The number of nitriles is 1. The van der Waals surface area contributed by atoms with Crippen molar-refractivity contribution in [3.8, 4) is 17.3 Å². The van der Waals surface area contributed by atoms with Gasteiger partial charge in [-0.05, 0) is 70.2 Å². The van der Waals surface area contributed by atoms with Gasteiger partial charge in [-0.15, -0.1) is 0 Å². The Kier molecular flexibility index (Phi) is 12.5. The van der Waals surface area contributed by atoms with Gasteiger partial charge in [0, 0.05) is 81.9 Å². The molecule has 2 saturated heterocycles. The Balaban J connectivity index is 1.07. The molecule has 0 unspecified atom stereocenters. The molecule has 3 aromatic rings. The molecule has 0 radical (unpaired) electrons. The Labute approximate surface area is 304 Å². The van der Waals surface area contributed by atoms with E-state index >= 15 is 0 Å². The maximum atomic E-state index is 13.1. The van der Waals surface area contributed by atoms with Gasteiger partial charge in [0.05, 0.1) is 11.4 Å². The van der Waals surface area contributed by atoms with Crippen LogP contribution in [0.1, 0.15) is 63.9 Å². The van der Waals surface area contributed by atoms with Gasteiger partial charge in [0.15, 0.2) is 5.16 Å². The average molecular weight is 714 g/mol. The smallest absolute Gasteiger partial charge is 0.410 e. The maximum absolute atomic E-state index is 13.1. The van der Waals surface area contributed by atoms with Crippen molar-refractivity contribution in [3.05, 3.63) is 59.4 Å². The number of pyridine rings is 1. The second kappa shape index (κ2) is 17.0. The number of thioether (sulfide) groups is 1. The predicted octanol–water partition coefficient (Wildman–Crippen LogP) is 4.97. The number of likely N-dealkylation sites (tertiary alicyclic amines) is 1. The SMILES string of the molecule is CC(=O)Nc1ccc(-c2nc(SCc3cccc(CCC(=O)N4CCN(CC5CCN(C(=O)OC(C)(C)C)CC5)CC4)n3)nc(N)c2C#N)cc1. The van der Waals surface area contributed by atoms with E-state index in [2.05, 4.69) is 26.3 Å². The van der Waals surface area contributed by atoms with Crippen LogP contribution >= 0.6 is 11.8 Å². The molecular weight excluding hydrogens is 667 g/mol. The zero-order chi connectivity index (χ0) is 36.5. The Hall–Kier alpha value is -4.74. The highest BCUT2D eigenvalue weighted by Gasteiger charge is 2.29. The van der Waals surface area contributed by atoms with Crippen LogP contribution in [0.4, 0.5) is 16.3 Å². The number of piperazine rings is 1. The number of rotatable bonds is 10. The van der Waals surface area contributed by atoms with E-state index in [1.807, 2.05) is 48.8 Å². The van der Waals surface area contributed by atoms with Crippen LogP contribution in [0.25, 0.3) is 11.3 Å². The Morgan fingerprint density at radius 2 is 1.65 bits per heavy atom. The molecule has 2 fully saturated rings. The summed E-state index contributed by atoms with van der Waals surface area (Å²) in [4.78, 5) is 56.9.